The summed E-state index contributed by atoms with van der Waals surface area (Å²) in [6.07, 6.45) is 1.25. The first kappa shape index (κ1) is 21.3. The summed E-state index contributed by atoms with van der Waals surface area (Å²) >= 11 is 0. The number of urea groups is 1. The van der Waals surface area contributed by atoms with Crippen molar-refractivity contribution in [2.75, 3.05) is 37.8 Å². The highest BCUT2D eigenvalue weighted by Gasteiger charge is 2.28. The Morgan fingerprint density at radius 3 is 2.23 bits per heavy atom. The van der Waals surface area contributed by atoms with Gasteiger partial charge in [0.1, 0.15) is 5.82 Å². The maximum absolute atomic E-state index is 13.3. The summed E-state index contributed by atoms with van der Waals surface area (Å²) in [7, 11) is 3.47. The number of piperidine rings is 1. The Morgan fingerprint density at radius 2 is 1.60 bits per heavy atom. The van der Waals surface area contributed by atoms with E-state index < -0.39 is 11.7 Å². The van der Waals surface area contributed by atoms with E-state index in [1.165, 1.54) is 18.2 Å². The van der Waals surface area contributed by atoms with Gasteiger partial charge in [0.05, 0.1) is 0 Å². The zero-order valence-electron chi connectivity index (χ0n) is 17.0. The Hall–Kier alpha value is -3.42. The monoisotopic (exact) mass is 412 g/mol. The predicted molar refractivity (Wildman–Crippen MR) is 113 cm³/mol. The van der Waals surface area contributed by atoms with Crippen LogP contribution in [0.5, 0.6) is 0 Å². The molecule has 0 unspecified atom stereocenters. The van der Waals surface area contributed by atoms with Crippen molar-refractivity contribution >= 4 is 29.2 Å². The van der Waals surface area contributed by atoms with Crippen LogP contribution in [0, 0.1) is 11.7 Å². The number of nitrogens with one attached hydrogen (secondary N) is 2. The molecule has 1 saturated heterocycles. The van der Waals surface area contributed by atoms with Crippen LogP contribution in [0.2, 0.25) is 0 Å². The molecule has 0 radical (unpaired) electrons. The first-order valence-electron chi connectivity index (χ1n) is 9.77. The van der Waals surface area contributed by atoms with E-state index in [0.717, 1.165) is 0 Å². The van der Waals surface area contributed by atoms with E-state index in [0.29, 0.717) is 42.9 Å². The van der Waals surface area contributed by atoms with Gasteiger partial charge in [0.15, 0.2) is 0 Å². The molecule has 0 aromatic heterocycles. The largest absolute Gasteiger partial charge is 0.349 e. The number of likely N-dealkylation sites (tertiary alicyclic amines) is 1. The summed E-state index contributed by atoms with van der Waals surface area (Å²) in [4.78, 5) is 40.3. The lowest BCUT2D eigenvalue weighted by atomic mass is 9.96. The lowest BCUT2D eigenvalue weighted by Crippen LogP contribution is -2.44. The molecule has 158 valence electrons. The molecule has 4 amide bonds. The second kappa shape index (κ2) is 9.39. The third kappa shape index (κ3) is 5.34. The van der Waals surface area contributed by atoms with E-state index in [-0.39, 0.29) is 17.9 Å². The van der Waals surface area contributed by atoms with E-state index in [1.54, 1.807) is 54.2 Å². The molecule has 2 N–H and O–H groups in total. The van der Waals surface area contributed by atoms with Crippen LogP contribution in [0.4, 0.5) is 20.6 Å². The number of hydrogen-bond donors (Lipinski definition) is 2. The highest BCUT2D eigenvalue weighted by molar-refractivity contribution is 6.05. The topological polar surface area (TPSA) is 81.8 Å². The minimum Gasteiger partial charge on any atom is -0.349 e. The van der Waals surface area contributed by atoms with Gasteiger partial charge in [-0.3, -0.25) is 9.59 Å². The number of rotatable bonds is 4. The molecule has 1 aliphatic rings. The van der Waals surface area contributed by atoms with Crippen LogP contribution in [0.3, 0.4) is 0 Å². The maximum atomic E-state index is 13.3. The summed E-state index contributed by atoms with van der Waals surface area (Å²) < 4.78 is 13.3. The van der Waals surface area contributed by atoms with E-state index in [9.17, 15) is 18.8 Å². The molecule has 2 aromatic rings. The first-order valence-corrected chi connectivity index (χ1v) is 9.77. The standard InChI is InChI=1S/C22H25FN4O3/c1-26(2)21(29)15-9-11-27(12-10-15)22(30)25-18-7-3-5-16(13-18)20(28)24-19-8-4-6-17(23)14-19/h3-8,13-15H,9-12H2,1-2H3,(H,24,28)(H,25,30). The predicted octanol–water partition coefficient (Wildman–Crippen LogP) is 3.41. The van der Waals surface area contributed by atoms with Crippen LogP contribution in [0.15, 0.2) is 48.5 Å². The fourth-order valence-electron chi connectivity index (χ4n) is 3.40. The average Bonchev–Trinajstić information content (AvgIpc) is 2.73. The number of carbonyl (C=O) groups is 3. The van der Waals surface area contributed by atoms with E-state index in [1.807, 2.05) is 0 Å². The fraction of sp³-hybridized carbons (Fsp3) is 0.318. The molecule has 0 spiro atoms. The highest BCUT2D eigenvalue weighted by atomic mass is 19.1. The van der Waals surface area contributed by atoms with Gasteiger partial charge in [0.25, 0.3) is 5.91 Å². The van der Waals surface area contributed by atoms with Crippen LogP contribution in [0.1, 0.15) is 23.2 Å². The van der Waals surface area contributed by atoms with Crippen molar-refractivity contribution < 1.29 is 18.8 Å². The van der Waals surface area contributed by atoms with Crippen molar-refractivity contribution in [3.05, 3.63) is 59.9 Å². The Morgan fingerprint density at radius 1 is 0.967 bits per heavy atom. The molecular weight excluding hydrogens is 387 g/mol. The third-order valence-electron chi connectivity index (χ3n) is 5.03. The SMILES string of the molecule is CN(C)C(=O)C1CCN(C(=O)Nc2cccc(C(=O)Nc3cccc(F)c3)c2)CC1. The molecule has 0 saturated carbocycles. The summed E-state index contributed by atoms with van der Waals surface area (Å²) in [5.41, 5.74) is 1.18. The molecule has 3 rings (SSSR count). The van der Waals surface area contributed by atoms with Crippen molar-refractivity contribution in [1.29, 1.82) is 0 Å². The lowest BCUT2D eigenvalue weighted by molar-refractivity contribution is -0.134. The van der Waals surface area contributed by atoms with Gasteiger partial charge < -0.3 is 20.4 Å². The third-order valence-corrected chi connectivity index (χ3v) is 5.03. The zero-order chi connectivity index (χ0) is 21.7. The molecule has 2 aromatic carbocycles. The molecule has 1 heterocycles. The molecular formula is C22H25FN4O3. The number of nitrogens with zero attached hydrogens (tertiary/aromatic N) is 2. The number of hydrogen-bond acceptors (Lipinski definition) is 3. The van der Waals surface area contributed by atoms with Gasteiger partial charge in [-0.15, -0.1) is 0 Å². The van der Waals surface area contributed by atoms with Crippen LogP contribution in [0.25, 0.3) is 0 Å². The van der Waals surface area contributed by atoms with E-state index >= 15 is 0 Å². The normalized spacial score (nSPS) is 14.2. The Kier molecular flexibility index (Phi) is 6.66. The Balaban J connectivity index is 1.58. The molecule has 8 heteroatoms. The Labute approximate surface area is 174 Å². The van der Waals surface area contributed by atoms with Gasteiger partial charge in [0.2, 0.25) is 5.91 Å². The number of carbonyl (C=O) groups excluding carboxylic acids is 3. The molecule has 30 heavy (non-hydrogen) atoms. The van der Waals surface area contributed by atoms with Crippen molar-refractivity contribution in [1.82, 2.24) is 9.80 Å². The highest BCUT2D eigenvalue weighted by Crippen LogP contribution is 2.20. The van der Waals surface area contributed by atoms with Gasteiger partial charge >= 0.3 is 6.03 Å². The smallest absolute Gasteiger partial charge is 0.321 e. The average molecular weight is 412 g/mol. The molecule has 1 fully saturated rings. The van der Waals surface area contributed by atoms with Crippen LogP contribution in [-0.4, -0.2) is 54.8 Å². The Bertz CT molecular complexity index is 939. The van der Waals surface area contributed by atoms with Crippen molar-refractivity contribution in [2.45, 2.75) is 12.8 Å². The first-order chi connectivity index (χ1) is 14.3. The molecule has 0 atom stereocenters. The number of amides is 4. The van der Waals surface area contributed by atoms with E-state index in [2.05, 4.69) is 10.6 Å². The summed E-state index contributed by atoms with van der Waals surface area (Å²) in [6, 6.07) is 11.9. The van der Waals surface area contributed by atoms with Crippen molar-refractivity contribution in [3.8, 4) is 0 Å². The fourth-order valence-corrected chi connectivity index (χ4v) is 3.40. The number of anilines is 2. The number of benzene rings is 2. The minimum atomic E-state index is -0.440. The van der Waals surface area contributed by atoms with Crippen LogP contribution >= 0.6 is 0 Å². The second-order valence-corrected chi connectivity index (χ2v) is 7.47. The van der Waals surface area contributed by atoms with Gasteiger partial charge in [-0.1, -0.05) is 12.1 Å². The lowest BCUT2D eigenvalue weighted by Gasteiger charge is -2.32. The molecule has 0 bridgehead atoms. The summed E-state index contributed by atoms with van der Waals surface area (Å²) in [6.45, 7) is 0.992. The zero-order valence-corrected chi connectivity index (χ0v) is 17.0. The molecule has 1 aliphatic heterocycles. The summed E-state index contributed by atoms with van der Waals surface area (Å²) in [5.74, 6) is -0.810. The van der Waals surface area contributed by atoms with Gasteiger partial charge in [0, 0.05) is 50.0 Å². The summed E-state index contributed by atoms with van der Waals surface area (Å²) in [5, 5.41) is 5.43. The second-order valence-electron chi connectivity index (χ2n) is 7.47. The van der Waals surface area contributed by atoms with Crippen LogP contribution in [-0.2, 0) is 4.79 Å². The van der Waals surface area contributed by atoms with E-state index in [4.69, 9.17) is 0 Å². The maximum Gasteiger partial charge on any atom is 0.321 e. The van der Waals surface area contributed by atoms with Crippen molar-refractivity contribution in [3.63, 3.8) is 0 Å². The van der Waals surface area contributed by atoms with Crippen LogP contribution < -0.4 is 10.6 Å². The number of halogens is 1. The van der Waals surface area contributed by atoms with Gasteiger partial charge in [-0.2, -0.15) is 0 Å². The van der Waals surface area contributed by atoms with Gasteiger partial charge in [-0.05, 0) is 49.2 Å². The molecule has 7 nitrogen and oxygen atoms in total. The van der Waals surface area contributed by atoms with Gasteiger partial charge in [-0.25, -0.2) is 9.18 Å². The quantitative estimate of drug-likeness (QED) is 0.808. The minimum absolute atomic E-state index is 0.0566. The molecule has 0 aliphatic carbocycles. The van der Waals surface area contributed by atoms with Crippen molar-refractivity contribution in [2.24, 2.45) is 5.92 Å².